The fourth-order valence-corrected chi connectivity index (χ4v) is 5.20. The van der Waals surface area contributed by atoms with E-state index in [1.165, 1.54) is 4.88 Å². The van der Waals surface area contributed by atoms with Crippen LogP contribution in [0.15, 0.2) is 47.8 Å². The van der Waals surface area contributed by atoms with E-state index >= 15 is 0 Å². The highest BCUT2D eigenvalue weighted by molar-refractivity contribution is 8.01. The molecule has 3 aromatic rings. The normalized spacial score (nSPS) is 20.3. The van der Waals surface area contributed by atoms with Gasteiger partial charge in [0.25, 0.3) is 0 Å². The van der Waals surface area contributed by atoms with Crippen molar-refractivity contribution in [3.8, 4) is 5.69 Å². The zero-order valence-corrected chi connectivity index (χ0v) is 15.0. The van der Waals surface area contributed by atoms with Crippen molar-refractivity contribution >= 4 is 34.8 Å². The Morgan fingerprint density at radius 1 is 1.17 bits per heavy atom. The minimum atomic E-state index is -0.117. The molecule has 2 aromatic heterocycles. The van der Waals surface area contributed by atoms with E-state index in [0.717, 1.165) is 22.8 Å². The first kappa shape index (κ1) is 15.5. The molecule has 1 amide bonds. The highest BCUT2D eigenvalue weighted by Gasteiger charge is 2.34. The smallest absolute Gasteiger partial charge is 0.238 e. The average molecular weight is 355 g/mol. The number of carbonyl (C=O) groups excluding carboxylic acids is 1. The Morgan fingerprint density at radius 2 is 1.96 bits per heavy atom. The third kappa shape index (κ3) is 2.56. The Kier molecular flexibility index (Phi) is 3.94. The summed E-state index contributed by atoms with van der Waals surface area (Å²) in [5, 5.41) is 9.89. The van der Waals surface area contributed by atoms with Crippen LogP contribution in [0.3, 0.4) is 0 Å². The van der Waals surface area contributed by atoms with Crippen molar-refractivity contribution < 1.29 is 4.79 Å². The fraction of sp³-hybridized carbons (Fsp3) is 0.222. The minimum absolute atomic E-state index is 0.0254. The maximum absolute atomic E-state index is 12.5. The Labute approximate surface area is 148 Å². The third-order valence-electron chi connectivity index (χ3n) is 4.12. The molecule has 0 saturated heterocycles. The molecule has 0 unspecified atom stereocenters. The molecule has 122 valence electrons. The van der Waals surface area contributed by atoms with E-state index in [2.05, 4.69) is 22.8 Å². The van der Waals surface area contributed by atoms with Crippen molar-refractivity contribution in [2.24, 2.45) is 0 Å². The summed E-state index contributed by atoms with van der Waals surface area (Å²) in [6, 6.07) is 14.1. The zero-order valence-electron chi connectivity index (χ0n) is 13.4. The van der Waals surface area contributed by atoms with E-state index in [0.29, 0.717) is 0 Å². The number of thioether (sulfide) groups is 1. The van der Waals surface area contributed by atoms with Gasteiger partial charge in [0.15, 0.2) is 0 Å². The van der Waals surface area contributed by atoms with Gasteiger partial charge in [-0.25, -0.2) is 4.68 Å². The first-order valence-corrected chi connectivity index (χ1v) is 9.62. The number of nitrogens with zero attached hydrogens (tertiary/aromatic N) is 2. The summed E-state index contributed by atoms with van der Waals surface area (Å²) in [6.45, 7) is 3.98. The van der Waals surface area contributed by atoms with Crippen molar-refractivity contribution in [2.75, 3.05) is 5.32 Å². The number of nitrogens with one attached hydrogen (secondary N) is 1. The monoisotopic (exact) mass is 355 g/mol. The summed E-state index contributed by atoms with van der Waals surface area (Å²) in [6.07, 6.45) is 0. The molecule has 24 heavy (non-hydrogen) atoms. The Bertz CT molecular complexity index is 871. The quantitative estimate of drug-likeness (QED) is 0.741. The van der Waals surface area contributed by atoms with Crippen LogP contribution >= 0.6 is 23.1 Å². The van der Waals surface area contributed by atoms with E-state index in [1.54, 1.807) is 23.1 Å². The number of anilines is 1. The molecule has 1 aliphatic rings. The number of aromatic nitrogens is 2. The second-order valence-electron chi connectivity index (χ2n) is 5.76. The molecule has 1 aromatic carbocycles. The molecular weight excluding hydrogens is 338 g/mol. The number of fused-ring (bicyclic) bond motifs is 1. The van der Waals surface area contributed by atoms with E-state index in [-0.39, 0.29) is 16.4 Å². The Balaban J connectivity index is 1.92. The first-order chi connectivity index (χ1) is 11.6. The maximum Gasteiger partial charge on any atom is 0.238 e. The highest BCUT2D eigenvalue weighted by atomic mass is 32.2. The van der Waals surface area contributed by atoms with Gasteiger partial charge in [-0.1, -0.05) is 24.3 Å². The molecule has 0 saturated carbocycles. The molecule has 1 aliphatic heterocycles. The predicted molar refractivity (Wildman–Crippen MR) is 100 cm³/mol. The molecule has 6 heteroatoms. The summed E-state index contributed by atoms with van der Waals surface area (Å²) in [7, 11) is 0. The number of aryl methyl sites for hydroxylation is 1. The van der Waals surface area contributed by atoms with Crippen LogP contribution in [0.25, 0.3) is 5.69 Å². The van der Waals surface area contributed by atoms with Gasteiger partial charge in [-0.15, -0.1) is 23.1 Å². The van der Waals surface area contributed by atoms with Gasteiger partial charge in [-0.2, -0.15) is 5.10 Å². The number of benzene rings is 1. The van der Waals surface area contributed by atoms with Crippen molar-refractivity contribution in [1.82, 2.24) is 9.78 Å². The van der Waals surface area contributed by atoms with Crippen molar-refractivity contribution in [2.45, 2.75) is 24.3 Å². The van der Waals surface area contributed by atoms with Crippen LogP contribution in [0.4, 0.5) is 5.82 Å². The van der Waals surface area contributed by atoms with Gasteiger partial charge in [0.2, 0.25) is 5.91 Å². The van der Waals surface area contributed by atoms with Crippen LogP contribution in [0.2, 0.25) is 0 Å². The zero-order chi connectivity index (χ0) is 16.7. The van der Waals surface area contributed by atoms with Gasteiger partial charge in [-0.3, -0.25) is 4.79 Å². The summed E-state index contributed by atoms with van der Waals surface area (Å²) < 4.78 is 1.85. The van der Waals surface area contributed by atoms with Gasteiger partial charge < -0.3 is 5.32 Å². The number of para-hydroxylation sites is 1. The van der Waals surface area contributed by atoms with Crippen LogP contribution in [-0.4, -0.2) is 20.9 Å². The van der Waals surface area contributed by atoms with Gasteiger partial charge >= 0.3 is 0 Å². The number of amides is 1. The summed E-state index contributed by atoms with van der Waals surface area (Å²) in [5.41, 5.74) is 3.00. The molecule has 0 bridgehead atoms. The maximum atomic E-state index is 12.5. The Hall–Kier alpha value is -2.05. The molecule has 0 radical (unpaired) electrons. The van der Waals surface area contributed by atoms with Gasteiger partial charge in [-0.05, 0) is 37.4 Å². The minimum Gasteiger partial charge on any atom is -0.309 e. The Morgan fingerprint density at radius 3 is 2.67 bits per heavy atom. The van der Waals surface area contributed by atoms with Crippen molar-refractivity contribution in [3.63, 3.8) is 0 Å². The van der Waals surface area contributed by atoms with E-state index < -0.39 is 0 Å². The van der Waals surface area contributed by atoms with Crippen LogP contribution in [-0.2, 0) is 4.79 Å². The largest absolute Gasteiger partial charge is 0.309 e. The number of rotatable bonds is 2. The fourth-order valence-electron chi connectivity index (χ4n) is 2.93. The molecule has 0 spiro atoms. The van der Waals surface area contributed by atoms with Gasteiger partial charge in [0, 0.05) is 10.4 Å². The van der Waals surface area contributed by atoms with Crippen LogP contribution in [0, 0.1) is 6.92 Å². The number of hydrogen-bond donors (Lipinski definition) is 1. The van der Waals surface area contributed by atoms with Gasteiger partial charge in [0.05, 0.1) is 21.9 Å². The second kappa shape index (κ2) is 6.11. The molecular formula is C18H17N3OS2. The lowest BCUT2D eigenvalue weighted by atomic mass is 10.1. The summed E-state index contributed by atoms with van der Waals surface area (Å²) in [4.78, 5) is 13.8. The van der Waals surface area contributed by atoms with Gasteiger partial charge in [0.1, 0.15) is 5.82 Å². The van der Waals surface area contributed by atoms with Crippen molar-refractivity contribution in [3.05, 3.63) is 64.0 Å². The first-order valence-electron chi connectivity index (χ1n) is 7.80. The molecule has 0 aliphatic carbocycles. The third-order valence-corrected chi connectivity index (χ3v) is 6.59. The molecule has 4 rings (SSSR count). The second-order valence-corrected chi connectivity index (χ2v) is 8.19. The highest BCUT2D eigenvalue weighted by Crippen LogP contribution is 2.47. The lowest BCUT2D eigenvalue weighted by molar-refractivity contribution is -0.115. The molecule has 1 N–H and O–H groups in total. The topological polar surface area (TPSA) is 46.9 Å². The number of thiophene rings is 1. The molecule has 0 fully saturated rings. The lowest BCUT2D eigenvalue weighted by Crippen LogP contribution is -2.22. The SMILES string of the molecule is Cc1nn(-c2ccccc2)c2c1[C@H](c1cccs1)S[C@H](C)C(=O)N2. The lowest BCUT2D eigenvalue weighted by Gasteiger charge is -2.15. The van der Waals surface area contributed by atoms with Crippen LogP contribution < -0.4 is 5.32 Å². The number of hydrogen-bond acceptors (Lipinski definition) is 4. The summed E-state index contributed by atoms with van der Waals surface area (Å²) >= 11 is 3.41. The molecule has 4 nitrogen and oxygen atoms in total. The van der Waals surface area contributed by atoms with Crippen LogP contribution in [0.1, 0.15) is 28.3 Å². The standard InChI is InChI=1S/C18H17N3OS2/c1-11-15-16(14-9-6-10-23-14)24-12(2)18(22)19-17(15)21(20-11)13-7-4-3-5-8-13/h3-10,12,16H,1-2H3,(H,19,22)/t12-,16+/m1/s1. The molecule has 2 atom stereocenters. The van der Waals surface area contributed by atoms with E-state index in [4.69, 9.17) is 5.10 Å². The molecule has 3 heterocycles. The number of carbonyl (C=O) groups is 1. The van der Waals surface area contributed by atoms with E-state index in [9.17, 15) is 4.79 Å². The predicted octanol–water partition coefficient (Wildman–Crippen LogP) is 4.41. The van der Waals surface area contributed by atoms with Crippen LogP contribution in [0.5, 0.6) is 0 Å². The van der Waals surface area contributed by atoms with Crippen molar-refractivity contribution in [1.29, 1.82) is 0 Å². The average Bonchev–Trinajstić information content (AvgIpc) is 3.19. The summed E-state index contributed by atoms with van der Waals surface area (Å²) in [5.74, 6) is 0.816. The van der Waals surface area contributed by atoms with E-state index in [1.807, 2.05) is 48.9 Å².